The van der Waals surface area contributed by atoms with Crippen molar-refractivity contribution in [3.05, 3.63) is 0 Å². The topological polar surface area (TPSA) is 32.3 Å². The molecule has 0 aromatic rings. The van der Waals surface area contributed by atoms with E-state index in [1.165, 1.54) is 44.9 Å². The zero-order valence-corrected chi connectivity index (χ0v) is 9.97. The van der Waals surface area contributed by atoms with Crippen molar-refractivity contribution in [2.45, 2.75) is 57.4 Å². The molecule has 2 nitrogen and oxygen atoms in total. The Morgan fingerprint density at radius 3 is 2.47 bits per heavy atom. The molecule has 2 N–H and O–H groups in total. The van der Waals surface area contributed by atoms with E-state index in [-0.39, 0.29) is 5.54 Å². The molecule has 2 rings (SSSR count). The SMILES string of the molecule is CC1CCCCC1CNC1(CO)CCC1. The van der Waals surface area contributed by atoms with Crippen LogP contribution in [0.3, 0.4) is 0 Å². The van der Waals surface area contributed by atoms with Crippen molar-refractivity contribution in [2.24, 2.45) is 11.8 Å². The minimum Gasteiger partial charge on any atom is -0.394 e. The van der Waals surface area contributed by atoms with Gasteiger partial charge in [0.05, 0.1) is 6.61 Å². The van der Waals surface area contributed by atoms with Crippen LogP contribution in [0.4, 0.5) is 0 Å². The van der Waals surface area contributed by atoms with Gasteiger partial charge in [0.15, 0.2) is 0 Å². The van der Waals surface area contributed by atoms with Gasteiger partial charge in [-0.1, -0.05) is 26.2 Å². The lowest BCUT2D eigenvalue weighted by atomic mass is 9.75. The average Bonchev–Trinajstić information content (AvgIpc) is 2.19. The third-order valence-electron chi connectivity index (χ3n) is 4.64. The van der Waals surface area contributed by atoms with Gasteiger partial charge < -0.3 is 10.4 Å². The first-order valence-corrected chi connectivity index (χ1v) is 6.62. The Labute approximate surface area is 93.5 Å². The third-order valence-corrected chi connectivity index (χ3v) is 4.64. The van der Waals surface area contributed by atoms with E-state index < -0.39 is 0 Å². The third kappa shape index (κ3) is 2.54. The Bertz CT molecular complexity index is 195. The second kappa shape index (κ2) is 4.84. The van der Waals surface area contributed by atoms with E-state index in [1.54, 1.807) is 0 Å². The maximum Gasteiger partial charge on any atom is 0.0613 e. The number of aliphatic hydroxyl groups is 1. The summed E-state index contributed by atoms with van der Waals surface area (Å²) in [5, 5.41) is 13.0. The second-order valence-electron chi connectivity index (χ2n) is 5.69. The maximum absolute atomic E-state index is 9.37. The first-order chi connectivity index (χ1) is 7.26. The molecule has 2 fully saturated rings. The van der Waals surface area contributed by atoms with E-state index in [2.05, 4.69) is 12.2 Å². The van der Waals surface area contributed by atoms with Crippen molar-refractivity contribution in [3.63, 3.8) is 0 Å². The normalized spacial score (nSPS) is 34.8. The smallest absolute Gasteiger partial charge is 0.0613 e. The van der Waals surface area contributed by atoms with Crippen LogP contribution in [0.15, 0.2) is 0 Å². The highest BCUT2D eigenvalue weighted by Gasteiger charge is 2.36. The fourth-order valence-corrected chi connectivity index (χ4v) is 3.04. The molecule has 2 saturated carbocycles. The molecule has 88 valence electrons. The van der Waals surface area contributed by atoms with E-state index >= 15 is 0 Å². The molecule has 0 bridgehead atoms. The fourth-order valence-electron chi connectivity index (χ4n) is 3.04. The monoisotopic (exact) mass is 211 g/mol. The largest absolute Gasteiger partial charge is 0.394 e. The Hall–Kier alpha value is -0.0800. The minimum absolute atomic E-state index is 0.108. The van der Waals surface area contributed by atoms with Crippen LogP contribution < -0.4 is 5.32 Å². The van der Waals surface area contributed by atoms with Crippen LogP contribution in [0.2, 0.25) is 0 Å². The number of nitrogens with one attached hydrogen (secondary N) is 1. The predicted octanol–water partition coefficient (Wildman–Crippen LogP) is 2.32. The van der Waals surface area contributed by atoms with Gasteiger partial charge >= 0.3 is 0 Å². The molecule has 2 heteroatoms. The van der Waals surface area contributed by atoms with Gasteiger partial charge in [-0.2, -0.15) is 0 Å². The molecule has 0 heterocycles. The van der Waals surface area contributed by atoms with E-state index in [9.17, 15) is 5.11 Å². The maximum atomic E-state index is 9.37. The molecule has 0 saturated heterocycles. The molecule has 15 heavy (non-hydrogen) atoms. The van der Waals surface area contributed by atoms with Crippen LogP contribution in [-0.2, 0) is 0 Å². The number of rotatable bonds is 4. The Morgan fingerprint density at radius 1 is 1.20 bits per heavy atom. The molecule has 0 aromatic carbocycles. The zero-order chi connectivity index (χ0) is 10.7. The lowest BCUT2D eigenvalue weighted by Crippen LogP contribution is -2.55. The molecule has 0 radical (unpaired) electrons. The fraction of sp³-hybridized carbons (Fsp3) is 1.00. The molecule has 0 aliphatic heterocycles. The molecular weight excluding hydrogens is 186 g/mol. The van der Waals surface area contributed by atoms with Crippen molar-refractivity contribution in [2.75, 3.05) is 13.2 Å². The van der Waals surface area contributed by atoms with Crippen LogP contribution in [-0.4, -0.2) is 23.8 Å². The minimum atomic E-state index is 0.108. The van der Waals surface area contributed by atoms with Crippen molar-refractivity contribution in [1.82, 2.24) is 5.32 Å². The molecule has 2 aliphatic rings. The van der Waals surface area contributed by atoms with E-state index in [4.69, 9.17) is 0 Å². The number of hydrogen-bond acceptors (Lipinski definition) is 2. The average molecular weight is 211 g/mol. The van der Waals surface area contributed by atoms with Gasteiger partial charge in [0, 0.05) is 5.54 Å². The van der Waals surface area contributed by atoms with E-state index in [1.807, 2.05) is 0 Å². The Morgan fingerprint density at radius 2 is 1.93 bits per heavy atom. The molecule has 0 spiro atoms. The Balaban J connectivity index is 1.76. The highest BCUT2D eigenvalue weighted by atomic mass is 16.3. The summed E-state index contributed by atoms with van der Waals surface area (Å²) >= 11 is 0. The summed E-state index contributed by atoms with van der Waals surface area (Å²) in [6, 6.07) is 0. The number of hydrogen-bond donors (Lipinski definition) is 2. The van der Waals surface area contributed by atoms with E-state index in [0.29, 0.717) is 6.61 Å². The molecular formula is C13H25NO. The lowest BCUT2D eigenvalue weighted by Gasteiger charge is -2.43. The van der Waals surface area contributed by atoms with Gasteiger partial charge in [-0.25, -0.2) is 0 Å². The summed E-state index contributed by atoms with van der Waals surface area (Å²) in [5.41, 5.74) is 0.108. The summed E-state index contributed by atoms with van der Waals surface area (Å²) in [4.78, 5) is 0. The van der Waals surface area contributed by atoms with Gasteiger partial charge in [0.25, 0.3) is 0 Å². The van der Waals surface area contributed by atoms with Gasteiger partial charge in [-0.15, -0.1) is 0 Å². The van der Waals surface area contributed by atoms with Crippen molar-refractivity contribution in [1.29, 1.82) is 0 Å². The summed E-state index contributed by atoms with van der Waals surface area (Å²) in [7, 11) is 0. The molecule has 2 unspecified atom stereocenters. The molecule has 2 aliphatic carbocycles. The van der Waals surface area contributed by atoms with Crippen LogP contribution >= 0.6 is 0 Å². The van der Waals surface area contributed by atoms with Gasteiger partial charge in [0.1, 0.15) is 0 Å². The summed E-state index contributed by atoms with van der Waals surface area (Å²) < 4.78 is 0. The van der Waals surface area contributed by atoms with Gasteiger partial charge in [0.2, 0.25) is 0 Å². The van der Waals surface area contributed by atoms with E-state index in [0.717, 1.165) is 18.4 Å². The van der Waals surface area contributed by atoms with Gasteiger partial charge in [-0.3, -0.25) is 0 Å². The van der Waals surface area contributed by atoms with Crippen LogP contribution in [0.25, 0.3) is 0 Å². The molecule has 0 aromatic heterocycles. The highest BCUT2D eigenvalue weighted by molar-refractivity contribution is 4.96. The highest BCUT2D eigenvalue weighted by Crippen LogP contribution is 2.33. The lowest BCUT2D eigenvalue weighted by molar-refractivity contribution is 0.0775. The summed E-state index contributed by atoms with van der Waals surface area (Å²) in [6.07, 6.45) is 9.24. The first kappa shape index (κ1) is 11.4. The van der Waals surface area contributed by atoms with Crippen LogP contribution in [0, 0.1) is 11.8 Å². The molecule has 2 atom stereocenters. The first-order valence-electron chi connectivity index (χ1n) is 6.62. The Kier molecular flexibility index (Phi) is 3.68. The summed E-state index contributed by atoms with van der Waals surface area (Å²) in [6.45, 7) is 3.84. The zero-order valence-electron chi connectivity index (χ0n) is 9.97. The van der Waals surface area contributed by atoms with Crippen LogP contribution in [0.5, 0.6) is 0 Å². The second-order valence-corrected chi connectivity index (χ2v) is 5.69. The molecule has 0 amide bonds. The number of aliphatic hydroxyl groups excluding tert-OH is 1. The van der Waals surface area contributed by atoms with Crippen molar-refractivity contribution >= 4 is 0 Å². The van der Waals surface area contributed by atoms with Crippen molar-refractivity contribution < 1.29 is 5.11 Å². The predicted molar refractivity (Wildman–Crippen MR) is 62.8 cm³/mol. The van der Waals surface area contributed by atoms with Crippen LogP contribution in [0.1, 0.15) is 51.9 Å². The quantitative estimate of drug-likeness (QED) is 0.748. The van der Waals surface area contributed by atoms with Crippen molar-refractivity contribution in [3.8, 4) is 0 Å². The standard InChI is InChI=1S/C13H25NO/c1-11-5-2-3-6-12(11)9-14-13(10-15)7-4-8-13/h11-12,14-15H,2-10H2,1H3. The summed E-state index contributed by atoms with van der Waals surface area (Å²) in [5.74, 6) is 1.73. The van der Waals surface area contributed by atoms with Gasteiger partial charge in [-0.05, 0) is 44.1 Å².